The van der Waals surface area contributed by atoms with Crippen LogP contribution in [0.5, 0.6) is 0 Å². The number of thioether (sulfide) groups is 1. The quantitative estimate of drug-likeness (QED) is 0.428. The van der Waals surface area contributed by atoms with Crippen molar-refractivity contribution in [2.24, 2.45) is 0 Å². The molecule has 9 nitrogen and oxygen atoms in total. The first-order valence-electron chi connectivity index (χ1n) is 10.4. The molecule has 0 spiro atoms. The van der Waals surface area contributed by atoms with Gasteiger partial charge in [0.05, 0.1) is 10.1 Å². The van der Waals surface area contributed by atoms with E-state index in [2.05, 4.69) is 10.2 Å². The molecule has 2 heterocycles. The Bertz CT molecular complexity index is 1080. The molecule has 0 bridgehead atoms. The van der Waals surface area contributed by atoms with Gasteiger partial charge >= 0.3 is 0 Å². The summed E-state index contributed by atoms with van der Waals surface area (Å²) in [5.74, 6) is -0.109. The van der Waals surface area contributed by atoms with Gasteiger partial charge in [-0.15, -0.1) is 10.2 Å². The number of aromatic nitrogens is 2. The fourth-order valence-corrected chi connectivity index (χ4v) is 7.21. The molecule has 12 heteroatoms. The maximum atomic E-state index is 12.9. The topological polar surface area (TPSA) is 104 Å². The van der Waals surface area contributed by atoms with Gasteiger partial charge in [0.15, 0.2) is 4.34 Å². The molecule has 2 fully saturated rings. The highest BCUT2D eigenvalue weighted by Gasteiger charge is 2.35. The van der Waals surface area contributed by atoms with Crippen molar-refractivity contribution in [3.05, 3.63) is 30.3 Å². The number of hydrogen-bond acceptors (Lipinski definition) is 8. The molecule has 1 atom stereocenters. The van der Waals surface area contributed by atoms with Crippen molar-refractivity contribution < 1.29 is 18.0 Å². The van der Waals surface area contributed by atoms with Crippen molar-refractivity contribution in [3.63, 3.8) is 0 Å². The lowest BCUT2D eigenvalue weighted by atomic mass is 10.3. The number of amides is 2. The van der Waals surface area contributed by atoms with E-state index >= 15 is 0 Å². The summed E-state index contributed by atoms with van der Waals surface area (Å²) in [5, 5.41) is 8.48. The number of sulfonamides is 1. The number of benzene rings is 1. The van der Waals surface area contributed by atoms with Crippen LogP contribution in [0.3, 0.4) is 0 Å². The van der Waals surface area contributed by atoms with Crippen molar-refractivity contribution in [3.8, 4) is 0 Å². The van der Waals surface area contributed by atoms with Gasteiger partial charge in [-0.3, -0.25) is 14.5 Å². The maximum Gasteiger partial charge on any atom is 0.243 e. The lowest BCUT2D eigenvalue weighted by Crippen LogP contribution is -2.52. The summed E-state index contributed by atoms with van der Waals surface area (Å²) in [4.78, 5) is 28.5. The number of piperazine rings is 1. The fraction of sp³-hybridized carbons (Fsp3) is 0.500. The molecular formula is C20H25N5O4S3. The van der Waals surface area contributed by atoms with Crippen molar-refractivity contribution in [1.82, 2.24) is 19.4 Å². The van der Waals surface area contributed by atoms with Gasteiger partial charge in [-0.05, 0) is 31.9 Å². The molecule has 1 aliphatic heterocycles. The van der Waals surface area contributed by atoms with E-state index in [9.17, 15) is 18.0 Å². The molecular weight excluding hydrogens is 470 g/mol. The summed E-state index contributed by atoms with van der Waals surface area (Å²) in [6.07, 6.45) is 1.95. The standard InChI is InChI=1S/C20H25N5O4S3/c1-14(30-20-22-21-19(31-20)25(15(2)26)16-8-9-16)18(27)23-10-12-24(13-11-23)32(28,29)17-6-4-3-5-7-17/h3-7,14,16H,8-13H2,1-2H3. The SMILES string of the molecule is CC(=O)N(c1nnc(SC(C)C(=O)N2CCN(S(=O)(=O)c3ccccc3)CC2)s1)C1CC1. The first-order valence-corrected chi connectivity index (χ1v) is 13.5. The lowest BCUT2D eigenvalue weighted by Gasteiger charge is -2.35. The van der Waals surface area contributed by atoms with Crippen LogP contribution in [-0.4, -0.2) is 77.1 Å². The Morgan fingerprint density at radius 1 is 1.12 bits per heavy atom. The number of carbonyl (C=O) groups excluding carboxylic acids is 2. The van der Waals surface area contributed by atoms with E-state index in [1.54, 1.807) is 40.1 Å². The molecule has 1 unspecified atom stereocenters. The number of hydrogen-bond donors (Lipinski definition) is 0. The summed E-state index contributed by atoms with van der Waals surface area (Å²) in [6, 6.07) is 8.55. The Hall–Kier alpha value is -2.02. The van der Waals surface area contributed by atoms with E-state index in [0.29, 0.717) is 22.6 Å². The zero-order chi connectivity index (χ0) is 22.9. The van der Waals surface area contributed by atoms with Crippen LogP contribution in [0.2, 0.25) is 0 Å². The first kappa shape index (κ1) is 23.1. The minimum Gasteiger partial charge on any atom is -0.339 e. The molecule has 4 rings (SSSR count). The van der Waals surface area contributed by atoms with Crippen molar-refractivity contribution in [2.45, 2.75) is 47.2 Å². The molecule has 32 heavy (non-hydrogen) atoms. The van der Waals surface area contributed by atoms with Gasteiger partial charge in [0.1, 0.15) is 0 Å². The number of nitrogens with zero attached hydrogens (tertiary/aromatic N) is 5. The molecule has 0 N–H and O–H groups in total. The zero-order valence-electron chi connectivity index (χ0n) is 17.9. The predicted octanol–water partition coefficient (Wildman–Crippen LogP) is 2.07. The van der Waals surface area contributed by atoms with Gasteiger partial charge in [-0.2, -0.15) is 4.31 Å². The van der Waals surface area contributed by atoms with Gasteiger partial charge in [-0.1, -0.05) is 41.3 Å². The number of carbonyl (C=O) groups is 2. The number of rotatable bonds is 7. The maximum absolute atomic E-state index is 12.9. The molecule has 2 amide bonds. The minimum absolute atomic E-state index is 0.0485. The van der Waals surface area contributed by atoms with Crippen LogP contribution < -0.4 is 4.90 Å². The summed E-state index contributed by atoms with van der Waals surface area (Å²) in [6.45, 7) is 4.55. The molecule has 1 saturated heterocycles. The van der Waals surface area contributed by atoms with Crippen molar-refractivity contribution >= 4 is 50.1 Å². The van der Waals surface area contributed by atoms with Crippen LogP contribution >= 0.6 is 23.1 Å². The molecule has 0 radical (unpaired) electrons. The van der Waals surface area contributed by atoms with Crippen LogP contribution in [0, 0.1) is 0 Å². The van der Waals surface area contributed by atoms with E-state index in [-0.39, 0.29) is 41.1 Å². The molecule has 1 aliphatic carbocycles. The van der Waals surface area contributed by atoms with Crippen LogP contribution in [0.4, 0.5) is 5.13 Å². The second kappa shape index (κ2) is 9.46. The average molecular weight is 496 g/mol. The van der Waals surface area contributed by atoms with Gasteiger partial charge in [0.2, 0.25) is 27.0 Å². The highest BCUT2D eigenvalue weighted by Crippen LogP contribution is 2.37. The van der Waals surface area contributed by atoms with Crippen molar-refractivity contribution in [1.29, 1.82) is 0 Å². The molecule has 1 saturated carbocycles. The Labute approximate surface area is 195 Å². The molecule has 2 aromatic rings. The van der Waals surface area contributed by atoms with Gasteiger partial charge in [-0.25, -0.2) is 8.42 Å². The van der Waals surface area contributed by atoms with Crippen LogP contribution in [0.1, 0.15) is 26.7 Å². The van der Waals surface area contributed by atoms with Crippen molar-refractivity contribution in [2.75, 3.05) is 31.1 Å². The first-order chi connectivity index (χ1) is 15.3. The van der Waals surface area contributed by atoms with Gasteiger partial charge < -0.3 is 4.90 Å². The highest BCUT2D eigenvalue weighted by atomic mass is 32.2. The largest absolute Gasteiger partial charge is 0.339 e. The third-order valence-corrected chi connectivity index (χ3v) is 9.42. The Balaban J connectivity index is 1.33. The lowest BCUT2D eigenvalue weighted by molar-refractivity contribution is -0.131. The average Bonchev–Trinajstić information content (AvgIpc) is 3.52. The smallest absolute Gasteiger partial charge is 0.243 e. The summed E-state index contributed by atoms with van der Waals surface area (Å²) < 4.78 is 27.6. The predicted molar refractivity (Wildman–Crippen MR) is 123 cm³/mol. The molecule has 2 aliphatic rings. The third-order valence-electron chi connectivity index (χ3n) is 5.41. The second-order valence-electron chi connectivity index (χ2n) is 7.77. The van der Waals surface area contributed by atoms with Gasteiger partial charge in [0, 0.05) is 39.1 Å². The molecule has 1 aromatic heterocycles. The molecule has 1 aromatic carbocycles. The van der Waals surface area contributed by atoms with Crippen LogP contribution in [-0.2, 0) is 19.6 Å². The number of anilines is 1. The van der Waals surface area contributed by atoms with Gasteiger partial charge in [0.25, 0.3) is 0 Å². The summed E-state index contributed by atoms with van der Waals surface area (Å²) >= 11 is 2.63. The monoisotopic (exact) mass is 495 g/mol. The zero-order valence-corrected chi connectivity index (χ0v) is 20.3. The van der Waals surface area contributed by atoms with Crippen LogP contribution in [0.15, 0.2) is 39.6 Å². The third kappa shape index (κ3) is 4.98. The Morgan fingerprint density at radius 2 is 1.78 bits per heavy atom. The summed E-state index contributed by atoms with van der Waals surface area (Å²) in [7, 11) is -3.55. The molecule has 172 valence electrons. The summed E-state index contributed by atoms with van der Waals surface area (Å²) in [5.41, 5.74) is 0. The second-order valence-corrected chi connectivity index (χ2v) is 12.3. The van der Waals surface area contributed by atoms with E-state index < -0.39 is 10.0 Å². The fourth-order valence-electron chi connectivity index (χ4n) is 3.58. The van der Waals surface area contributed by atoms with E-state index in [1.165, 1.54) is 34.3 Å². The van der Waals surface area contributed by atoms with E-state index in [0.717, 1.165) is 12.8 Å². The van der Waals surface area contributed by atoms with E-state index in [4.69, 9.17) is 0 Å². The van der Waals surface area contributed by atoms with Crippen LogP contribution in [0.25, 0.3) is 0 Å². The normalized spacial score (nSPS) is 18.4. The van der Waals surface area contributed by atoms with E-state index in [1.807, 2.05) is 6.92 Å². The highest BCUT2D eigenvalue weighted by molar-refractivity contribution is 8.02. The Kier molecular flexibility index (Phi) is 6.84. The Morgan fingerprint density at radius 3 is 2.38 bits per heavy atom. The minimum atomic E-state index is -3.55.